The molecule has 0 radical (unpaired) electrons. The molecule has 0 amide bonds. The Kier molecular flexibility index (Phi) is 5.23. The Bertz CT molecular complexity index is 847. The number of hydrogen-bond acceptors (Lipinski definition) is 3. The quantitative estimate of drug-likeness (QED) is 0.415. The van der Waals surface area contributed by atoms with Crippen LogP contribution in [-0.2, 0) is 0 Å². The van der Waals surface area contributed by atoms with Crippen LogP contribution in [0.4, 0.5) is 0 Å². The molecule has 0 aromatic rings. The molecular formula is C30H50O3. The van der Waals surface area contributed by atoms with Gasteiger partial charge in [0.15, 0.2) is 0 Å². The largest absolute Gasteiger partial charge is 0.396 e. The first-order valence-corrected chi connectivity index (χ1v) is 13.9. The number of aliphatic hydroxyl groups excluding tert-OH is 3. The maximum atomic E-state index is 12.0. The fourth-order valence-corrected chi connectivity index (χ4v) is 10.7. The average Bonchev–Trinajstić information content (AvgIpc) is 2.73. The minimum atomic E-state index is -0.420. The molecule has 3 heteroatoms. The normalized spacial score (nSPS) is 57.8. The van der Waals surface area contributed by atoms with Crippen LogP contribution in [-0.4, -0.2) is 34.1 Å². The van der Waals surface area contributed by atoms with E-state index < -0.39 is 11.5 Å². The Morgan fingerprint density at radius 1 is 0.818 bits per heavy atom. The number of rotatable bonds is 1. The minimum Gasteiger partial charge on any atom is -0.396 e. The van der Waals surface area contributed by atoms with E-state index in [2.05, 4.69) is 54.5 Å². The second-order valence-electron chi connectivity index (χ2n) is 15.2. The molecule has 10 atom stereocenters. The molecule has 0 saturated heterocycles. The highest BCUT2D eigenvalue weighted by Crippen LogP contribution is 2.75. The lowest BCUT2D eigenvalue weighted by molar-refractivity contribution is -0.231. The zero-order valence-electron chi connectivity index (χ0n) is 22.4. The van der Waals surface area contributed by atoms with E-state index in [-0.39, 0.29) is 34.4 Å². The van der Waals surface area contributed by atoms with Crippen LogP contribution in [0.3, 0.4) is 0 Å². The van der Waals surface area contributed by atoms with E-state index >= 15 is 0 Å². The van der Waals surface area contributed by atoms with Gasteiger partial charge in [-0.3, -0.25) is 0 Å². The lowest BCUT2D eigenvalue weighted by Gasteiger charge is -2.72. The molecule has 33 heavy (non-hydrogen) atoms. The molecule has 0 aromatic carbocycles. The molecule has 4 saturated carbocycles. The highest BCUT2D eigenvalue weighted by molar-refractivity contribution is 5.35. The topological polar surface area (TPSA) is 60.7 Å². The molecule has 0 bridgehead atoms. The van der Waals surface area contributed by atoms with Gasteiger partial charge in [-0.1, -0.05) is 60.1 Å². The van der Waals surface area contributed by atoms with Gasteiger partial charge in [-0.2, -0.15) is 0 Å². The summed E-state index contributed by atoms with van der Waals surface area (Å²) in [4.78, 5) is 0. The van der Waals surface area contributed by atoms with Crippen molar-refractivity contribution in [3.05, 3.63) is 11.6 Å². The van der Waals surface area contributed by atoms with Crippen molar-refractivity contribution in [2.75, 3.05) is 6.61 Å². The van der Waals surface area contributed by atoms with Gasteiger partial charge in [0.2, 0.25) is 0 Å². The molecule has 4 unspecified atom stereocenters. The van der Waals surface area contributed by atoms with Gasteiger partial charge < -0.3 is 15.3 Å². The molecule has 0 aliphatic heterocycles. The first kappa shape index (κ1) is 24.3. The summed E-state index contributed by atoms with van der Waals surface area (Å²) in [6, 6.07) is 0. The summed E-state index contributed by atoms with van der Waals surface area (Å²) >= 11 is 0. The summed E-state index contributed by atoms with van der Waals surface area (Å²) in [5.74, 6) is 1.38. The van der Waals surface area contributed by atoms with Crippen LogP contribution in [0.25, 0.3) is 0 Å². The van der Waals surface area contributed by atoms with Gasteiger partial charge in [0.25, 0.3) is 0 Å². The van der Waals surface area contributed by atoms with E-state index in [4.69, 9.17) is 0 Å². The van der Waals surface area contributed by atoms with Crippen molar-refractivity contribution in [1.29, 1.82) is 0 Å². The van der Waals surface area contributed by atoms with Crippen molar-refractivity contribution in [3.63, 3.8) is 0 Å². The summed E-state index contributed by atoms with van der Waals surface area (Å²) in [5, 5.41) is 33.3. The summed E-state index contributed by atoms with van der Waals surface area (Å²) in [6.07, 6.45) is 11.6. The standard InChI is InChI=1S/C30H50O3/c1-25(2)14-15-26(3)17-24(33)30(7)19(20(26)16-25)8-9-22-27(4)12-11-23(32)28(5,18-31)21(27)10-13-29(22,30)6/h8,20-24,31-33H,9-18H2,1-7H3/t20-,21?,22-,23?,24?,26-,27+,28?,29-,30+/m1/s1. The van der Waals surface area contributed by atoms with E-state index in [9.17, 15) is 15.3 Å². The molecule has 3 nitrogen and oxygen atoms in total. The van der Waals surface area contributed by atoms with Gasteiger partial charge in [-0.05, 0) is 97.2 Å². The van der Waals surface area contributed by atoms with Crippen LogP contribution in [0, 0.1) is 50.2 Å². The fraction of sp³-hybridized carbons (Fsp3) is 0.933. The second kappa shape index (κ2) is 7.10. The van der Waals surface area contributed by atoms with Crippen LogP contribution < -0.4 is 0 Å². The van der Waals surface area contributed by atoms with Gasteiger partial charge in [0.1, 0.15) is 0 Å². The molecule has 5 aliphatic carbocycles. The van der Waals surface area contributed by atoms with Crippen molar-refractivity contribution in [2.45, 2.75) is 118 Å². The smallest absolute Gasteiger partial charge is 0.0641 e. The molecule has 0 spiro atoms. The summed E-state index contributed by atoms with van der Waals surface area (Å²) in [5.41, 5.74) is 1.69. The Labute approximate surface area is 202 Å². The maximum absolute atomic E-state index is 12.0. The zero-order chi connectivity index (χ0) is 24.2. The lowest BCUT2D eigenvalue weighted by Crippen LogP contribution is -2.68. The number of fused-ring (bicyclic) bond motifs is 7. The molecule has 0 aromatic heterocycles. The number of hydrogen-bond donors (Lipinski definition) is 3. The van der Waals surface area contributed by atoms with Crippen LogP contribution >= 0.6 is 0 Å². The van der Waals surface area contributed by atoms with Crippen molar-refractivity contribution in [3.8, 4) is 0 Å². The van der Waals surface area contributed by atoms with Crippen LogP contribution in [0.2, 0.25) is 0 Å². The predicted molar refractivity (Wildman–Crippen MR) is 134 cm³/mol. The maximum Gasteiger partial charge on any atom is 0.0641 e. The summed E-state index contributed by atoms with van der Waals surface area (Å²) < 4.78 is 0. The summed E-state index contributed by atoms with van der Waals surface area (Å²) in [7, 11) is 0. The van der Waals surface area contributed by atoms with Crippen LogP contribution in [0.1, 0.15) is 106 Å². The highest BCUT2D eigenvalue weighted by Gasteiger charge is 2.70. The fourth-order valence-electron chi connectivity index (χ4n) is 10.7. The molecule has 0 heterocycles. The minimum absolute atomic E-state index is 0.0450. The first-order valence-electron chi connectivity index (χ1n) is 13.9. The van der Waals surface area contributed by atoms with Gasteiger partial charge in [-0.15, -0.1) is 0 Å². The molecule has 3 N–H and O–H groups in total. The van der Waals surface area contributed by atoms with Gasteiger partial charge in [-0.25, -0.2) is 0 Å². The van der Waals surface area contributed by atoms with Gasteiger partial charge in [0.05, 0.1) is 18.8 Å². The monoisotopic (exact) mass is 458 g/mol. The highest BCUT2D eigenvalue weighted by atomic mass is 16.3. The van der Waals surface area contributed by atoms with E-state index in [1.54, 1.807) is 5.57 Å². The zero-order valence-corrected chi connectivity index (χ0v) is 22.4. The van der Waals surface area contributed by atoms with E-state index in [1.165, 1.54) is 19.3 Å². The van der Waals surface area contributed by atoms with Crippen molar-refractivity contribution < 1.29 is 15.3 Å². The SMILES string of the molecule is CC1(C)CC[C@]2(C)CC(O)[C@]3(C)C(=CC[C@@H]4[C@@]5(C)CCC(O)C(C)(CO)C5CC[C@]43C)[C@H]2C1. The first-order chi connectivity index (χ1) is 15.2. The van der Waals surface area contributed by atoms with Crippen molar-refractivity contribution in [1.82, 2.24) is 0 Å². The Morgan fingerprint density at radius 2 is 1.52 bits per heavy atom. The molecule has 4 fully saturated rings. The van der Waals surface area contributed by atoms with E-state index in [1.807, 2.05) is 0 Å². The van der Waals surface area contributed by atoms with Crippen molar-refractivity contribution in [2.24, 2.45) is 50.2 Å². The number of aliphatic hydroxyl groups is 3. The Balaban J connectivity index is 1.61. The average molecular weight is 459 g/mol. The van der Waals surface area contributed by atoms with E-state index in [0.717, 1.165) is 38.5 Å². The Hall–Kier alpha value is -0.380. The third-order valence-electron chi connectivity index (χ3n) is 13.2. The molecule has 5 aliphatic rings. The van der Waals surface area contributed by atoms with E-state index in [0.29, 0.717) is 23.2 Å². The third-order valence-corrected chi connectivity index (χ3v) is 13.2. The lowest BCUT2D eigenvalue weighted by atomic mass is 9.33. The summed E-state index contributed by atoms with van der Waals surface area (Å²) in [6.45, 7) is 16.9. The van der Waals surface area contributed by atoms with Crippen molar-refractivity contribution >= 4 is 0 Å². The predicted octanol–water partition coefficient (Wildman–Crippen LogP) is 6.11. The van der Waals surface area contributed by atoms with Gasteiger partial charge >= 0.3 is 0 Å². The van der Waals surface area contributed by atoms with Crippen LogP contribution in [0.5, 0.6) is 0 Å². The number of allylic oxidation sites excluding steroid dienone is 1. The third kappa shape index (κ3) is 2.91. The second-order valence-corrected chi connectivity index (χ2v) is 15.2. The molecule has 188 valence electrons. The molecule has 5 rings (SSSR count). The molecular weight excluding hydrogens is 408 g/mol. The Morgan fingerprint density at radius 3 is 2.18 bits per heavy atom. The van der Waals surface area contributed by atoms with Crippen LogP contribution in [0.15, 0.2) is 11.6 Å². The van der Waals surface area contributed by atoms with Gasteiger partial charge in [0, 0.05) is 10.8 Å².